The largest absolute Gasteiger partial charge is 0.348 e. The van der Waals surface area contributed by atoms with Gasteiger partial charge >= 0.3 is 0 Å². The van der Waals surface area contributed by atoms with Gasteiger partial charge in [0.2, 0.25) is 0 Å². The van der Waals surface area contributed by atoms with Gasteiger partial charge < -0.3 is 5.32 Å². The molecule has 1 saturated heterocycles. The number of aromatic nitrogens is 2. The molecule has 3 heterocycles. The van der Waals surface area contributed by atoms with Crippen LogP contribution in [-0.2, 0) is 19.5 Å². The lowest BCUT2D eigenvalue weighted by Crippen LogP contribution is -2.37. The molecule has 3 aromatic rings. The first kappa shape index (κ1) is 18.1. The van der Waals surface area contributed by atoms with Crippen molar-refractivity contribution in [1.29, 1.82) is 0 Å². The van der Waals surface area contributed by atoms with Crippen molar-refractivity contribution >= 4 is 16.8 Å². The first-order chi connectivity index (χ1) is 14.2. The van der Waals surface area contributed by atoms with Crippen LogP contribution in [0.25, 0.3) is 10.9 Å². The van der Waals surface area contributed by atoms with Gasteiger partial charge in [-0.25, -0.2) is 4.98 Å². The van der Waals surface area contributed by atoms with Gasteiger partial charge in [0.1, 0.15) is 5.82 Å². The number of benzene rings is 2. The molecule has 29 heavy (non-hydrogen) atoms. The average molecular weight is 388 g/mol. The molecule has 5 rings (SSSR count). The van der Waals surface area contributed by atoms with E-state index in [9.17, 15) is 9.59 Å². The molecule has 0 aliphatic carbocycles. The van der Waals surface area contributed by atoms with Crippen LogP contribution >= 0.6 is 0 Å². The Labute approximate surface area is 169 Å². The van der Waals surface area contributed by atoms with E-state index >= 15 is 0 Å². The lowest BCUT2D eigenvalue weighted by Gasteiger charge is -2.17. The van der Waals surface area contributed by atoms with E-state index < -0.39 is 0 Å². The molecule has 1 unspecified atom stereocenters. The Kier molecular flexibility index (Phi) is 4.64. The summed E-state index contributed by atoms with van der Waals surface area (Å²) in [5.41, 5.74) is 2.47. The minimum Gasteiger partial charge on any atom is -0.348 e. The van der Waals surface area contributed by atoms with Crippen LogP contribution in [0.3, 0.4) is 0 Å². The maximum absolute atomic E-state index is 12.8. The Morgan fingerprint density at radius 3 is 2.86 bits per heavy atom. The van der Waals surface area contributed by atoms with Crippen molar-refractivity contribution in [2.24, 2.45) is 0 Å². The Bertz CT molecular complexity index is 1120. The van der Waals surface area contributed by atoms with Gasteiger partial charge in [-0.15, -0.1) is 0 Å². The number of nitrogens with one attached hydrogen (secondary N) is 1. The molecule has 0 spiro atoms. The van der Waals surface area contributed by atoms with E-state index in [2.05, 4.69) is 39.5 Å². The standard InChI is InChI=1S/C23H24N4O2/c28-22(24-18-10-12-26(15-18)14-16-5-2-1-3-6-16)17-8-9-19-20(13-17)25-21-7-4-11-27(21)23(19)29/h1-3,5-6,8-9,13,18H,4,7,10-12,14-15H2,(H,24,28). The Morgan fingerprint density at radius 1 is 1.14 bits per heavy atom. The zero-order valence-electron chi connectivity index (χ0n) is 16.3. The average Bonchev–Trinajstić information content (AvgIpc) is 3.38. The summed E-state index contributed by atoms with van der Waals surface area (Å²) in [6, 6.07) is 15.8. The lowest BCUT2D eigenvalue weighted by molar-refractivity contribution is 0.0937. The van der Waals surface area contributed by atoms with E-state index in [0.29, 0.717) is 16.5 Å². The second-order valence-electron chi connectivity index (χ2n) is 8.00. The smallest absolute Gasteiger partial charge is 0.261 e. The normalized spacial score (nSPS) is 18.8. The molecule has 2 aliphatic rings. The molecule has 0 bridgehead atoms. The number of carbonyl (C=O) groups excluding carboxylic acids is 1. The van der Waals surface area contributed by atoms with Crippen molar-refractivity contribution in [3.05, 3.63) is 75.8 Å². The van der Waals surface area contributed by atoms with Crippen molar-refractivity contribution in [3.63, 3.8) is 0 Å². The van der Waals surface area contributed by atoms with Crippen molar-refractivity contribution in [2.75, 3.05) is 13.1 Å². The fraction of sp³-hybridized carbons (Fsp3) is 0.348. The Balaban J connectivity index is 1.28. The summed E-state index contributed by atoms with van der Waals surface area (Å²) in [5.74, 6) is 0.730. The number of hydrogen-bond donors (Lipinski definition) is 1. The number of aryl methyl sites for hydroxylation is 1. The summed E-state index contributed by atoms with van der Waals surface area (Å²) in [7, 11) is 0. The molecule has 1 amide bonds. The number of carbonyl (C=O) groups is 1. The van der Waals surface area contributed by atoms with Crippen molar-refractivity contribution in [1.82, 2.24) is 19.8 Å². The molecule has 1 aromatic heterocycles. The zero-order valence-corrected chi connectivity index (χ0v) is 16.3. The monoisotopic (exact) mass is 388 g/mol. The number of fused-ring (bicyclic) bond motifs is 2. The molecule has 1 fully saturated rings. The molecular weight excluding hydrogens is 364 g/mol. The first-order valence-corrected chi connectivity index (χ1v) is 10.3. The van der Waals surface area contributed by atoms with Crippen molar-refractivity contribution in [3.8, 4) is 0 Å². The van der Waals surface area contributed by atoms with E-state index in [1.165, 1.54) is 5.56 Å². The second-order valence-corrected chi connectivity index (χ2v) is 8.00. The van der Waals surface area contributed by atoms with Gasteiger partial charge in [-0.3, -0.25) is 19.1 Å². The van der Waals surface area contributed by atoms with Crippen LogP contribution in [0.1, 0.15) is 34.6 Å². The SMILES string of the molecule is O=C(NC1CCN(Cc2ccccc2)C1)c1ccc2c(=O)n3c(nc2c1)CCC3. The van der Waals surface area contributed by atoms with Crippen LogP contribution in [0, 0.1) is 0 Å². The molecule has 1 N–H and O–H groups in total. The lowest BCUT2D eigenvalue weighted by atomic mass is 10.1. The highest BCUT2D eigenvalue weighted by Gasteiger charge is 2.24. The molecule has 1 atom stereocenters. The zero-order chi connectivity index (χ0) is 19.8. The summed E-state index contributed by atoms with van der Waals surface area (Å²) >= 11 is 0. The van der Waals surface area contributed by atoms with Gasteiger partial charge in [-0.2, -0.15) is 0 Å². The molecule has 148 valence electrons. The minimum atomic E-state index is -0.0964. The molecular formula is C23H24N4O2. The molecule has 6 nitrogen and oxygen atoms in total. The van der Waals surface area contributed by atoms with E-state index in [-0.39, 0.29) is 17.5 Å². The number of rotatable bonds is 4. The Morgan fingerprint density at radius 2 is 2.00 bits per heavy atom. The second kappa shape index (κ2) is 7.44. The van der Waals surface area contributed by atoms with Gasteiger partial charge in [-0.1, -0.05) is 30.3 Å². The van der Waals surface area contributed by atoms with E-state index in [1.54, 1.807) is 22.8 Å². The highest BCUT2D eigenvalue weighted by molar-refractivity contribution is 5.97. The van der Waals surface area contributed by atoms with Crippen LogP contribution in [0.2, 0.25) is 0 Å². The maximum Gasteiger partial charge on any atom is 0.261 e. The van der Waals surface area contributed by atoms with Crippen LogP contribution < -0.4 is 10.9 Å². The highest BCUT2D eigenvalue weighted by atomic mass is 16.1. The molecule has 2 aliphatic heterocycles. The highest BCUT2D eigenvalue weighted by Crippen LogP contribution is 2.18. The summed E-state index contributed by atoms with van der Waals surface area (Å²) in [5, 5.41) is 3.74. The van der Waals surface area contributed by atoms with Gasteiger partial charge in [0, 0.05) is 44.2 Å². The van der Waals surface area contributed by atoms with Gasteiger partial charge in [-0.05, 0) is 36.6 Å². The summed E-state index contributed by atoms with van der Waals surface area (Å²) in [6.45, 7) is 3.46. The number of amides is 1. The fourth-order valence-electron chi connectivity index (χ4n) is 4.43. The minimum absolute atomic E-state index is 0.00167. The third kappa shape index (κ3) is 3.56. The number of hydrogen-bond acceptors (Lipinski definition) is 4. The van der Waals surface area contributed by atoms with Crippen LogP contribution in [0.5, 0.6) is 0 Å². The van der Waals surface area contributed by atoms with Crippen molar-refractivity contribution in [2.45, 2.75) is 38.4 Å². The predicted octanol–water partition coefficient (Wildman–Crippen LogP) is 2.35. The number of nitrogens with zero attached hydrogens (tertiary/aromatic N) is 3. The Hall–Kier alpha value is -2.99. The predicted molar refractivity (Wildman–Crippen MR) is 112 cm³/mol. The van der Waals surface area contributed by atoms with Crippen LogP contribution in [0.15, 0.2) is 53.3 Å². The molecule has 0 radical (unpaired) electrons. The quantitative estimate of drug-likeness (QED) is 0.745. The summed E-state index contributed by atoms with van der Waals surface area (Å²) in [6.07, 6.45) is 2.72. The topological polar surface area (TPSA) is 67.2 Å². The van der Waals surface area contributed by atoms with Crippen LogP contribution in [-0.4, -0.2) is 39.5 Å². The van der Waals surface area contributed by atoms with Gasteiger partial charge in [0.25, 0.3) is 11.5 Å². The van der Waals surface area contributed by atoms with Crippen LogP contribution in [0.4, 0.5) is 0 Å². The summed E-state index contributed by atoms with van der Waals surface area (Å²) < 4.78 is 1.75. The van der Waals surface area contributed by atoms with E-state index in [0.717, 1.165) is 51.3 Å². The van der Waals surface area contributed by atoms with E-state index in [1.807, 2.05) is 6.07 Å². The molecule has 2 aromatic carbocycles. The summed E-state index contributed by atoms with van der Waals surface area (Å²) in [4.78, 5) is 32.4. The maximum atomic E-state index is 12.8. The first-order valence-electron chi connectivity index (χ1n) is 10.3. The van der Waals surface area contributed by atoms with Gasteiger partial charge in [0.05, 0.1) is 10.9 Å². The number of likely N-dealkylation sites (tertiary alicyclic amines) is 1. The molecule has 6 heteroatoms. The molecule has 0 saturated carbocycles. The third-order valence-electron chi connectivity index (χ3n) is 5.94. The van der Waals surface area contributed by atoms with E-state index in [4.69, 9.17) is 0 Å². The van der Waals surface area contributed by atoms with Gasteiger partial charge in [0.15, 0.2) is 0 Å². The third-order valence-corrected chi connectivity index (χ3v) is 5.94. The fourth-order valence-corrected chi connectivity index (χ4v) is 4.43. The van der Waals surface area contributed by atoms with Crippen molar-refractivity contribution < 1.29 is 4.79 Å².